The van der Waals surface area contributed by atoms with Crippen molar-refractivity contribution >= 4 is 34.6 Å². The van der Waals surface area contributed by atoms with Crippen molar-refractivity contribution in [1.29, 1.82) is 0 Å². The quantitative estimate of drug-likeness (QED) is 0.483. The Morgan fingerprint density at radius 3 is 2.93 bits per heavy atom. The zero-order valence-corrected chi connectivity index (χ0v) is 17.3. The van der Waals surface area contributed by atoms with Crippen LogP contribution in [-0.4, -0.2) is 22.1 Å². The number of hydrogen-bond donors (Lipinski definition) is 1. The lowest BCUT2D eigenvalue weighted by atomic mass is 9.96. The summed E-state index contributed by atoms with van der Waals surface area (Å²) in [5.74, 6) is 0.637. The van der Waals surface area contributed by atoms with Crippen molar-refractivity contribution in [2.75, 3.05) is 6.61 Å². The molecule has 1 atom stereocenters. The summed E-state index contributed by atoms with van der Waals surface area (Å²) >= 11 is 12.8. The summed E-state index contributed by atoms with van der Waals surface area (Å²) in [5, 5.41) is 8.47. The van der Waals surface area contributed by atoms with Gasteiger partial charge in [-0.05, 0) is 59.2 Å². The van der Waals surface area contributed by atoms with Gasteiger partial charge in [0.15, 0.2) is 0 Å². The average molecular weight is 438 g/mol. The van der Waals surface area contributed by atoms with Gasteiger partial charge in [-0.3, -0.25) is 4.79 Å². The van der Waals surface area contributed by atoms with Crippen molar-refractivity contribution in [3.8, 4) is 5.75 Å². The molecule has 0 spiro atoms. The zero-order chi connectivity index (χ0) is 20.7. The van der Waals surface area contributed by atoms with Gasteiger partial charge >= 0.3 is 0 Å². The smallest absolute Gasteiger partial charge is 0.255 e. The van der Waals surface area contributed by atoms with Crippen LogP contribution in [0.15, 0.2) is 67.0 Å². The van der Waals surface area contributed by atoms with E-state index in [0.717, 1.165) is 34.4 Å². The van der Waals surface area contributed by atoms with Crippen LogP contribution in [0.25, 0.3) is 5.52 Å². The molecule has 1 aliphatic heterocycles. The largest absolute Gasteiger partial charge is 0.493 e. The van der Waals surface area contributed by atoms with Crippen LogP contribution < -0.4 is 10.1 Å². The minimum atomic E-state index is -0.478. The standard InChI is InChI=1S/C23H17Cl2N3O2/c24-16-5-6-19(25)17(12-16)22(15-4-7-21-14(11-15)8-10-30-21)27-23(29)18-13-26-28-9-2-1-3-20(18)28/h1-7,9,11-13,22H,8,10H2,(H,27,29). The van der Waals surface area contributed by atoms with Crippen molar-refractivity contribution in [3.05, 3.63) is 99.3 Å². The van der Waals surface area contributed by atoms with Crippen molar-refractivity contribution in [2.45, 2.75) is 12.5 Å². The number of nitrogens with one attached hydrogen (secondary N) is 1. The molecule has 1 amide bonds. The van der Waals surface area contributed by atoms with Crippen molar-refractivity contribution in [1.82, 2.24) is 14.9 Å². The first-order chi connectivity index (χ1) is 14.6. The highest BCUT2D eigenvalue weighted by molar-refractivity contribution is 6.33. The van der Waals surface area contributed by atoms with E-state index >= 15 is 0 Å². The van der Waals surface area contributed by atoms with Crippen molar-refractivity contribution in [2.24, 2.45) is 0 Å². The third-order valence-corrected chi connectivity index (χ3v) is 5.84. The minimum absolute atomic E-state index is 0.242. The van der Waals surface area contributed by atoms with E-state index in [0.29, 0.717) is 22.2 Å². The highest BCUT2D eigenvalue weighted by Gasteiger charge is 2.24. The van der Waals surface area contributed by atoms with Gasteiger partial charge in [-0.25, -0.2) is 4.52 Å². The normalized spacial score (nSPS) is 13.7. The van der Waals surface area contributed by atoms with Gasteiger partial charge in [0, 0.05) is 22.7 Å². The number of hydrogen-bond acceptors (Lipinski definition) is 3. The maximum absolute atomic E-state index is 13.2. The number of fused-ring (bicyclic) bond motifs is 2. The number of aromatic nitrogens is 2. The molecule has 0 saturated heterocycles. The molecule has 4 aromatic rings. The minimum Gasteiger partial charge on any atom is -0.493 e. The molecule has 2 aromatic carbocycles. The Hall–Kier alpha value is -3.02. The fourth-order valence-corrected chi connectivity index (χ4v) is 4.19. The number of benzene rings is 2. The molecular weight excluding hydrogens is 421 g/mol. The molecule has 2 aromatic heterocycles. The summed E-state index contributed by atoms with van der Waals surface area (Å²) < 4.78 is 7.29. The molecule has 5 rings (SSSR count). The Balaban J connectivity index is 1.57. The predicted molar refractivity (Wildman–Crippen MR) is 117 cm³/mol. The van der Waals surface area contributed by atoms with Crippen LogP contribution in [-0.2, 0) is 6.42 Å². The van der Waals surface area contributed by atoms with Crippen LogP contribution in [0.3, 0.4) is 0 Å². The maximum atomic E-state index is 13.2. The van der Waals surface area contributed by atoms with Crippen molar-refractivity contribution < 1.29 is 9.53 Å². The number of amides is 1. The zero-order valence-electron chi connectivity index (χ0n) is 15.8. The second-order valence-electron chi connectivity index (χ2n) is 7.13. The van der Waals surface area contributed by atoms with E-state index in [2.05, 4.69) is 16.5 Å². The number of rotatable bonds is 4. The van der Waals surface area contributed by atoms with Crippen LogP contribution in [0.5, 0.6) is 5.75 Å². The van der Waals surface area contributed by atoms with E-state index in [1.807, 2.05) is 30.3 Å². The lowest BCUT2D eigenvalue weighted by Crippen LogP contribution is -2.29. The third-order valence-electron chi connectivity index (χ3n) is 5.26. The molecule has 5 nitrogen and oxygen atoms in total. The second-order valence-corrected chi connectivity index (χ2v) is 7.97. The Morgan fingerprint density at radius 2 is 2.03 bits per heavy atom. The fourth-order valence-electron chi connectivity index (χ4n) is 3.78. The summed E-state index contributed by atoms with van der Waals surface area (Å²) in [4.78, 5) is 13.2. The fraction of sp³-hybridized carbons (Fsp3) is 0.130. The third kappa shape index (κ3) is 3.40. The summed E-state index contributed by atoms with van der Waals surface area (Å²) in [5.41, 5.74) is 3.97. The molecule has 7 heteroatoms. The predicted octanol–water partition coefficient (Wildman–Crippen LogP) is 5.10. The summed E-state index contributed by atoms with van der Waals surface area (Å²) in [6.45, 7) is 0.663. The highest BCUT2D eigenvalue weighted by Crippen LogP contribution is 2.34. The van der Waals surface area contributed by atoms with Crippen LogP contribution in [0.1, 0.15) is 33.1 Å². The molecular formula is C23H17Cl2N3O2. The lowest BCUT2D eigenvalue weighted by Gasteiger charge is -2.22. The molecule has 30 heavy (non-hydrogen) atoms. The summed E-state index contributed by atoms with van der Waals surface area (Å²) in [7, 11) is 0. The molecule has 150 valence electrons. The van der Waals surface area contributed by atoms with Crippen LogP contribution in [0.4, 0.5) is 0 Å². The number of carbonyl (C=O) groups is 1. The van der Waals surface area contributed by atoms with E-state index in [1.165, 1.54) is 0 Å². The first-order valence-corrected chi connectivity index (χ1v) is 10.3. The van der Waals surface area contributed by atoms with Gasteiger partial charge in [-0.15, -0.1) is 0 Å². The first-order valence-electron chi connectivity index (χ1n) is 9.54. The molecule has 0 bridgehead atoms. The van der Waals surface area contributed by atoms with E-state index in [-0.39, 0.29) is 5.91 Å². The number of halogens is 2. The van der Waals surface area contributed by atoms with Gasteiger partial charge in [0.1, 0.15) is 5.75 Å². The SMILES string of the molecule is O=C(NC(c1ccc2c(c1)CCO2)c1cc(Cl)ccc1Cl)c1cnn2ccccc12. The van der Waals surface area contributed by atoms with Crippen molar-refractivity contribution in [3.63, 3.8) is 0 Å². The Labute approximate surface area is 183 Å². The van der Waals surface area contributed by atoms with E-state index in [1.54, 1.807) is 35.1 Å². The Bertz CT molecular complexity index is 1270. The Kier molecular flexibility index (Phi) is 4.85. The molecule has 1 unspecified atom stereocenters. The molecule has 3 heterocycles. The molecule has 0 radical (unpaired) electrons. The van der Waals surface area contributed by atoms with Gasteiger partial charge < -0.3 is 10.1 Å². The van der Waals surface area contributed by atoms with Gasteiger partial charge in [0.25, 0.3) is 5.91 Å². The topological polar surface area (TPSA) is 55.6 Å². The van der Waals surface area contributed by atoms with Gasteiger partial charge in [0.2, 0.25) is 0 Å². The van der Waals surface area contributed by atoms with Crippen LogP contribution >= 0.6 is 23.2 Å². The maximum Gasteiger partial charge on any atom is 0.255 e. The molecule has 0 aliphatic carbocycles. The van der Waals surface area contributed by atoms with Crippen LogP contribution in [0, 0.1) is 0 Å². The van der Waals surface area contributed by atoms with E-state index < -0.39 is 6.04 Å². The van der Waals surface area contributed by atoms with Gasteiger partial charge in [0.05, 0.1) is 29.9 Å². The van der Waals surface area contributed by atoms with E-state index in [4.69, 9.17) is 27.9 Å². The molecule has 0 fully saturated rings. The monoisotopic (exact) mass is 437 g/mol. The first kappa shape index (κ1) is 19.0. The van der Waals surface area contributed by atoms with E-state index in [9.17, 15) is 4.79 Å². The molecule has 1 N–H and O–H groups in total. The summed E-state index contributed by atoms with van der Waals surface area (Å²) in [6, 6.07) is 16.3. The lowest BCUT2D eigenvalue weighted by molar-refractivity contribution is 0.0944. The number of carbonyl (C=O) groups excluding carboxylic acids is 1. The summed E-state index contributed by atoms with van der Waals surface area (Å²) in [6.07, 6.45) is 4.21. The second kappa shape index (κ2) is 7.67. The highest BCUT2D eigenvalue weighted by atomic mass is 35.5. The number of pyridine rings is 1. The van der Waals surface area contributed by atoms with Gasteiger partial charge in [-0.2, -0.15) is 5.10 Å². The molecule has 1 aliphatic rings. The van der Waals surface area contributed by atoms with Crippen LogP contribution in [0.2, 0.25) is 10.0 Å². The molecule has 0 saturated carbocycles. The van der Waals surface area contributed by atoms with Gasteiger partial charge in [-0.1, -0.05) is 35.3 Å². The number of ether oxygens (including phenoxy) is 1. The number of nitrogens with zero attached hydrogens (tertiary/aromatic N) is 2. The Morgan fingerprint density at radius 1 is 1.13 bits per heavy atom. The average Bonchev–Trinajstić information content (AvgIpc) is 3.40.